The molecular weight excluding hydrogens is 276 g/mol. The molecule has 0 spiro atoms. The molecule has 0 unspecified atom stereocenters. The SMILES string of the molecule is CCOC(=O)c1cnn(-c2nc(C)ccc2C(N)=S)c1. The van der Waals surface area contributed by atoms with Crippen LogP contribution < -0.4 is 5.73 Å². The van der Waals surface area contributed by atoms with E-state index >= 15 is 0 Å². The predicted octanol–water partition coefficient (Wildman–Crippen LogP) is 1.39. The van der Waals surface area contributed by atoms with Gasteiger partial charge >= 0.3 is 5.97 Å². The van der Waals surface area contributed by atoms with E-state index in [1.165, 1.54) is 10.9 Å². The zero-order valence-corrected chi connectivity index (χ0v) is 12.0. The maximum Gasteiger partial charge on any atom is 0.341 e. The maximum absolute atomic E-state index is 11.6. The van der Waals surface area contributed by atoms with Crippen molar-refractivity contribution in [1.29, 1.82) is 0 Å². The number of ether oxygens (including phenoxy) is 1. The Bertz CT molecular complexity index is 666. The van der Waals surface area contributed by atoms with Crippen molar-refractivity contribution < 1.29 is 9.53 Å². The number of esters is 1. The molecule has 0 saturated carbocycles. The third-order valence-corrected chi connectivity index (χ3v) is 2.81. The molecule has 2 aromatic rings. The molecule has 2 aromatic heterocycles. The van der Waals surface area contributed by atoms with Gasteiger partial charge in [-0.15, -0.1) is 0 Å². The monoisotopic (exact) mass is 290 g/mol. The van der Waals surface area contributed by atoms with Crippen molar-refractivity contribution in [2.45, 2.75) is 13.8 Å². The summed E-state index contributed by atoms with van der Waals surface area (Å²) in [7, 11) is 0. The molecule has 0 atom stereocenters. The minimum absolute atomic E-state index is 0.223. The van der Waals surface area contributed by atoms with Gasteiger partial charge < -0.3 is 10.5 Å². The molecule has 0 radical (unpaired) electrons. The molecule has 0 aromatic carbocycles. The number of carbonyl (C=O) groups excluding carboxylic acids is 1. The van der Waals surface area contributed by atoms with Crippen LogP contribution in [-0.4, -0.2) is 32.3 Å². The summed E-state index contributed by atoms with van der Waals surface area (Å²) in [5.41, 5.74) is 7.43. The molecule has 2 rings (SSSR count). The summed E-state index contributed by atoms with van der Waals surface area (Å²) in [5, 5.41) is 4.11. The van der Waals surface area contributed by atoms with Crippen LogP contribution in [0.5, 0.6) is 0 Å². The van der Waals surface area contributed by atoms with Gasteiger partial charge in [-0.1, -0.05) is 12.2 Å². The van der Waals surface area contributed by atoms with Crippen LogP contribution in [-0.2, 0) is 4.74 Å². The van der Waals surface area contributed by atoms with Gasteiger partial charge in [-0.05, 0) is 26.0 Å². The van der Waals surface area contributed by atoms with Gasteiger partial charge in [0.15, 0.2) is 5.82 Å². The lowest BCUT2D eigenvalue weighted by molar-refractivity contribution is 0.0526. The highest BCUT2D eigenvalue weighted by Gasteiger charge is 2.14. The third kappa shape index (κ3) is 2.83. The summed E-state index contributed by atoms with van der Waals surface area (Å²) >= 11 is 5.00. The molecule has 6 nitrogen and oxygen atoms in total. The highest BCUT2D eigenvalue weighted by atomic mass is 32.1. The summed E-state index contributed by atoms with van der Waals surface area (Å²) in [6.07, 6.45) is 2.97. The van der Waals surface area contributed by atoms with Crippen LogP contribution in [0.1, 0.15) is 28.5 Å². The Morgan fingerprint density at radius 3 is 2.90 bits per heavy atom. The molecule has 0 fully saturated rings. The van der Waals surface area contributed by atoms with E-state index in [-0.39, 0.29) is 4.99 Å². The fourth-order valence-electron chi connectivity index (χ4n) is 1.67. The molecular formula is C13H14N4O2S. The quantitative estimate of drug-likeness (QED) is 0.676. The number of nitrogens with two attached hydrogens (primary N) is 1. The van der Waals surface area contributed by atoms with Crippen molar-refractivity contribution in [3.8, 4) is 5.82 Å². The Labute approximate surface area is 121 Å². The van der Waals surface area contributed by atoms with E-state index in [1.807, 2.05) is 13.0 Å². The van der Waals surface area contributed by atoms with Gasteiger partial charge in [0.2, 0.25) is 0 Å². The number of hydrogen-bond donors (Lipinski definition) is 1. The van der Waals surface area contributed by atoms with Gasteiger partial charge in [0, 0.05) is 11.9 Å². The zero-order chi connectivity index (χ0) is 14.7. The van der Waals surface area contributed by atoms with Gasteiger partial charge in [0.25, 0.3) is 0 Å². The number of carbonyl (C=O) groups is 1. The van der Waals surface area contributed by atoms with Crippen molar-refractivity contribution >= 4 is 23.2 Å². The first-order valence-electron chi connectivity index (χ1n) is 6.02. The van der Waals surface area contributed by atoms with Crippen molar-refractivity contribution in [2.75, 3.05) is 6.61 Å². The van der Waals surface area contributed by atoms with Crippen LogP contribution >= 0.6 is 12.2 Å². The van der Waals surface area contributed by atoms with E-state index < -0.39 is 5.97 Å². The number of pyridine rings is 1. The van der Waals surface area contributed by atoms with Crippen LogP contribution in [0.4, 0.5) is 0 Å². The van der Waals surface area contributed by atoms with Gasteiger partial charge in [-0.25, -0.2) is 14.5 Å². The first-order valence-corrected chi connectivity index (χ1v) is 6.43. The average molecular weight is 290 g/mol. The molecule has 2 N–H and O–H groups in total. The summed E-state index contributed by atoms with van der Waals surface area (Å²) in [5.74, 6) is 0.0660. The molecule has 7 heteroatoms. The van der Waals surface area contributed by atoms with E-state index in [0.717, 1.165) is 5.69 Å². The van der Waals surface area contributed by atoms with Crippen LogP contribution in [0, 0.1) is 6.92 Å². The third-order valence-electron chi connectivity index (χ3n) is 2.59. The van der Waals surface area contributed by atoms with E-state index in [0.29, 0.717) is 23.6 Å². The number of thiocarbonyl (C=S) groups is 1. The molecule has 0 aliphatic heterocycles. The fraction of sp³-hybridized carbons (Fsp3) is 0.231. The molecule has 0 bridgehead atoms. The second-order valence-electron chi connectivity index (χ2n) is 4.08. The van der Waals surface area contributed by atoms with Crippen molar-refractivity contribution in [3.05, 3.63) is 41.3 Å². The van der Waals surface area contributed by atoms with Gasteiger partial charge in [0.05, 0.1) is 23.9 Å². The number of aryl methyl sites for hydroxylation is 1. The lowest BCUT2D eigenvalue weighted by atomic mass is 10.2. The highest BCUT2D eigenvalue weighted by molar-refractivity contribution is 7.80. The Morgan fingerprint density at radius 2 is 2.25 bits per heavy atom. The molecule has 0 saturated heterocycles. The lowest BCUT2D eigenvalue weighted by Gasteiger charge is -2.07. The predicted molar refractivity (Wildman–Crippen MR) is 77.9 cm³/mol. The fourth-order valence-corrected chi connectivity index (χ4v) is 1.83. The molecule has 20 heavy (non-hydrogen) atoms. The summed E-state index contributed by atoms with van der Waals surface area (Å²) in [6, 6.07) is 3.60. The first-order chi connectivity index (χ1) is 9.52. The van der Waals surface area contributed by atoms with Crippen molar-refractivity contribution in [3.63, 3.8) is 0 Å². The summed E-state index contributed by atoms with van der Waals surface area (Å²) in [6.45, 7) is 3.91. The summed E-state index contributed by atoms with van der Waals surface area (Å²) in [4.78, 5) is 16.2. The topological polar surface area (TPSA) is 83.0 Å². The van der Waals surface area contributed by atoms with E-state index in [1.54, 1.807) is 19.2 Å². The Hall–Kier alpha value is -2.28. The normalized spacial score (nSPS) is 10.3. The van der Waals surface area contributed by atoms with E-state index in [4.69, 9.17) is 22.7 Å². The van der Waals surface area contributed by atoms with E-state index in [2.05, 4.69) is 10.1 Å². The van der Waals surface area contributed by atoms with Crippen LogP contribution in [0.3, 0.4) is 0 Å². The number of hydrogen-bond acceptors (Lipinski definition) is 5. The number of aromatic nitrogens is 3. The maximum atomic E-state index is 11.6. The first kappa shape index (κ1) is 14.1. The Morgan fingerprint density at radius 1 is 1.50 bits per heavy atom. The molecule has 104 valence electrons. The number of rotatable bonds is 4. The lowest BCUT2D eigenvalue weighted by Crippen LogP contribution is -2.15. The minimum atomic E-state index is -0.428. The van der Waals surface area contributed by atoms with Crippen molar-refractivity contribution in [2.24, 2.45) is 5.73 Å². The molecule has 0 aliphatic carbocycles. The highest BCUT2D eigenvalue weighted by Crippen LogP contribution is 2.14. The summed E-state index contributed by atoms with van der Waals surface area (Å²) < 4.78 is 6.38. The number of nitrogens with zero attached hydrogens (tertiary/aromatic N) is 3. The molecule has 0 amide bonds. The van der Waals surface area contributed by atoms with Crippen LogP contribution in [0.25, 0.3) is 5.82 Å². The average Bonchev–Trinajstić information content (AvgIpc) is 2.88. The van der Waals surface area contributed by atoms with Gasteiger partial charge in [0.1, 0.15) is 4.99 Å². The molecule has 0 aliphatic rings. The van der Waals surface area contributed by atoms with Crippen molar-refractivity contribution in [1.82, 2.24) is 14.8 Å². The Balaban J connectivity index is 2.44. The van der Waals surface area contributed by atoms with Crippen LogP contribution in [0.2, 0.25) is 0 Å². The second-order valence-corrected chi connectivity index (χ2v) is 4.52. The van der Waals surface area contributed by atoms with Crippen LogP contribution in [0.15, 0.2) is 24.5 Å². The zero-order valence-electron chi connectivity index (χ0n) is 11.2. The van der Waals surface area contributed by atoms with E-state index in [9.17, 15) is 4.79 Å². The molecule has 2 heterocycles. The van der Waals surface area contributed by atoms with Gasteiger partial charge in [-0.2, -0.15) is 5.10 Å². The Kier molecular flexibility index (Phi) is 4.09. The largest absolute Gasteiger partial charge is 0.462 e. The smallest absolute Gasteiger partial charge is 0.341 e. The van der Waals surface area contributed by atoms with Gasteiger partial charge in [-0.3, -0.25) is 0 Å². The minimum Gasteiger partial charge on any atom is -0.462 e. The standard InChI is InChI=1S/C13H14N4O2S/c1-3-19-13(18)9-6-15-17(7-9)12-10(11(14)20)5-4-8(2)16-12/h4-7H,3H2,1-2H3,(H2,14,20). The second kappa shape index (κ2) is 5.79.